The molecule has 1 saturated heterocycles. The van der Waals surface area contributed by atoms with Gasteiger partial charge in [0.05, 0.1) is 23.6 Å². The Morgan fingerprint density at radius 3 is 2.90 bits per heavy atom. The molecule has 0 radical (unpaired) electrons. The Morgan fingerprint density at radius 2 is 2.25 bits per heavy atom. The van der Waals surface area contributed by atoms with E-state index in [0.717, 1.165) is 0 Å². The molecule has 1 aliphatic rings. The Bertz CT molecular complexity index is 803. The molecule has 0 bridgehead atoms. The molecule has 0 amide bonds. The molecule has 7 heteroatoms. The Morgan fingerprint density at radius 1 is 1.45 bits per heavy atom. The van der Waals surface area contributed by atoms with Crippen LogP contribution in [0.4, 0.5) is 0 Å². The molecule has 1 aromatic carbocycles. The van der Waals surface area contributed by atoms with Crippen molar-refractivity contribution in [1.29, 1.82) is 0 Å². The molecule has 0 aliphatic carbocycles. The maximum absolute atomic E-state index is 12.1. The van der Waals surface area contributed by atoms with Gasteiger partial charge in [-0.2, -0.15) is 0 Å². The number of fused-ring (bicyclic) bond motifs is 1. The highest BCUT2D eigenvalue weighted by atomic mass is 32.2. The first kappa shape index (κ1) is 13.2. The average molecular weight is 296 g/mol. The molecule has 1 fully saturated rings. The van der Waals surface area contributed by atoms with E-state index < -0.39 is 15.1 Å². The second-order valence-electron chi connectivity index (χ2n) is 5.03. The number of methoxy groups -OCH3 is 1. The third kappa shape index (κ3) is 2.02. The number of aromatic nitrogens is 2. The molecule has 20 heavy (non-hydrogen) atoms. The summed E-state index contributed by atoms with van der Waals surface area (Å²) in [5, 5.41) is -0.482. The minimum absolute atomic E-state index is 0.182. The maximum Gasteiger partial charge on any atom is 0.326 e. The Balaban J connectivity index is 2.12. The van der Waals surface area contributed by atoms with Gasteiger partial charge in [0, 0.05) is 6.54 Å². The highest BCUT2D eigenvalue weighted by molar-refractivity contribution is 7.92. The van der Waals surface area contributed by atoms with Gasteiger partial charge in [-0.05, 0) is 25.0 Å². The van der Waals surface area contributed by atoms with Crippen molar-refractivity contribution >= 4 is 20.9 Å². The van der Waals surface area contributed by atoms with Crippen molar-refractivity contribution in [3.05, 3.63) is 28.7 Å². The van der Waals surface area contributed by atoms with Crippen LogP contribution in [-0.4, -0.2) is 36.1 Å². The number of nitrogens with one attached hydrogen (secondary N) is 1. The van der Waals surface area contributed by atoms with Crippen molar-refractivity contribution in [2.45, 2.75) is 24.6 Å². The van der Waals surface area contributed by atoms with E-state index in [1.165, 1.54) is 11.7 Å². The van der Waals surface area contributed by atoms with E-state index in [4.69, 9.17) is 4.74 Å². The van der Waals surface area contributed by atoms with Crippen LogP contribution in [0.25, 0.3) is 11.0 Å². The molecule has 1 aliphatic heterocycles. The van der Waals surface area contributed by atoms with Gasteiger partial charge in [0.25, 0.3) is 0 Å². The van der Waals surface area contributed by atoms with E-state index in [0.29, 0.717) is 29.6 Å². The number of imidazole rings is 1. The number of hydrogen-bond acceptors (Lipinski definition) is 4. The molecule has 3 rings (SSSR count). The van der Waals surface area contributed by atoms with Crippen LogP contribution in [0.2, 0.25) is 0 Å². The maximum atomic E-state index is 12.1. The number of sulfone groups is 1. The Labute approximate surface area is 116 Å². The summed E-state index contributed by atoms with van der Waals surface area (Å²) in [5.74, 6) is 0.780. The number of hydrogen-bond donors (Lipinski definition) is 1. The smallest absolute Gasteiger partial charge is 0.326 e. The molecule has 1 N–H and O–H groups in total. The van der Waals surface area contributed by atoms with Gasteiger partial charge in [0.2, 0.25) is 0 Å². The van der Waals surface area contributed by atoms with Crippen LogP contribution in [0.1, 0.15) is 12.8 Å². The van der Waals surface area contributed by atoms with Crippen LogP contribution in [0.5, 0.6) is 5.75 Å². The zero-order valence-electron chi connectivity index (χ0n) is 11.1. The van der Waals surface area contributed by atoms with Gasteiger partial charge >= 0.3 is 5.69 Å². The zero-order valence-corrected chi connectivity index (χ0v) is 11.9. The quantitative estimate of drug-likeness (QED) is 0.913. The lowest BCUT2D eigenvalue weighted by atomic mass is 10.2. The van der Waals surface area contributed by atoms with E-state index in [-0.39, 0.29) is 18.0 Å². The van der Waals surface area contributed by atoms with Crippen molar-refractivity contribution in [3.8, 4) is 5.75 Å². The fourth-order valence-corrected chi connectivity index (χ4v) is 4.60. The molecule has 2 heterocycles. The third-order valence-corrected chi connectivity index (χ3v) is 6.08. The standard InChI is InChI=1S/C13H16N2O4S/c1-19-11-6-2-5-10-12(11)15(13(16)14-10)8-9-4-3-7-20(9,17)18/h2,5-6,9H,3-4,7-8H2,1H3,(H,14,16). The number of rotatable bonds is 3. The number of ether oxygens (including phenoxy) is 1. The van der Waals surface area contributed by atoms with Crippen LogP contribution in [-0.2, 0) is 16.4 Å². The van der Waals surface area contributed by atoms with Gasteiger partial charge in [0.1, 0.15) is 11.3 Å². The number of benzene rings is 1. The minimum atomic E-state index is -3.08. The molecule has 6 nitrogen and oxygen atoms in total. The monoisotopic (exact) mass is 296 g/mol. The normalized spacial score (nSPS) is 21.4. The molecular weight excluding hydrogens is 280 g/mol. The van der Waals surface area contributed by atoms with Crippen molar-refractivity contribution in [2.75, 3.05) is 12.9 Å². The summed E-state index contributed by atoms with van der Waals surface area (Å²) in [4.78, 5) is 14.8. The summed E-state index contributed by atoms with van der Waals surface area (Å²) in [6.07, 6.45) is 1.28. The first-order chi connectivity index (χ1) is 9.53. The van der Waals surface area contributed by atoms with Crippen molar-refractivity contribution in [3.63, 3.8) is 0 Å². The van der Waals surface area contributed by atoms with Crippen LogP contribution in [0.15, 0.2) is 23.0 Å². The summed E-state index contributed by atoms with van der Waals surface area (Å²) >= 11 is 0. The van der Waals surface area contributed by atoms with Crippen molar-refractivity contribution < 1.29 is 13.2 Å². The lowest BCUT2D eigenvalue weighted by Gasteiger charge is -2.11. The number of aromatic amines is 1. The number of para-hydroxylation sites is 1. The largest absolute Gasteiger partial charge is 0.494 e. The van der Waals surface area contributed by atoms with Gasteiger partial charge in [-0.3, -0.25) is 4.57 Å². The van der Waals surface area contributed by atoms with Gasteiger partial charge in [-0.15, -0.1) is 0 Å². The predicted molar refractivity (Wildman–Crippen MR) is 75.9 cm³/mol. The summed E-state index contributed by atoms with van der Waals surface area (Å²) in [6, 6.07) is 5.32. The van der Waals surface area contributed by atoms with E-state index in [2.05, 4.69) is 4.98 Å². The summed E-state index contributed by atoms with van der Waals surface area (Å²) in [5.41, 5.74) is 0.985. The average Bonchev–Trinajstić information content (AvgIpc) is 2.90. The number of H-pyrrole nitrogens is 1. The first-order valence-electron chi connectivity index (χ1n) is 6.50. The fraction of sp³-hybridized carbons (Fsp3) is 0.462. The summed E-state index contributed by atoms with van der Waals surface area (Å²) in [7, 11) is -1.55. The van der Waals surface area contributed by atoms with Crippen molar-refractivity contribution in [2.24, 2.45) is 0 Å². The van der Waals surface area contributed by atoms with Gasteiger partial charge < -0.3 is 9.72 Å². The topological polar surface area (TPSA) is 81.2 Å². The van der Waals surface area contributed by atoms with Crippen LogP contribution in [0, 0.1) is 0 Å². The third-order valence-electron chi connectivity index (χ3n) is 3.82. The molecule has 1 aromatic heterocycles. The summed E-state index contributed by atoms with van der Waals surface area (Å²) < 4.78 is 30.6. The van der Waals surface area contributed by atoms with Gasteiger partial charge in [-0.25, -0.2) is 13.2 Å². The Kier molecular flexibility index (Phi) is 3.08. The van der Waals surface area contributed by atoms with Crippen molar-refractivity contribution in [1.82, 2.24) is 9.55 Å². The molecule has 0 saturated carbocycles. The van der Waals surface area contributed by atoms with Crippen LogP contribution in [0.3, 0.4) is 0 Å². The highest BCUT2D eigenvalue weighted by Gasteiger charge is 2.32. The van der Waals surface area contributed by atoms with Crippen LogP contribution >= 0.6 is 0 Å². The highest BCUT2D eigenvalue weighted by Crippen LogP contribution is 2.26. The minimum Gasteiger partial charge on any atom is -0.494 e. The number of nitrogens with zero attached hydrogens (tertiary/aromatic N) is 1. The second kappa shape index (κ2) is 4.66. The fourth-order valence-electron chi connectivity index (χ4n) is 2.79. The molecular formula is C13H16N2O4S. The lowest BCUT2D eigenvalue weighted by molar-refractivity contribution is 0.416. The zero-order chi connectivity index (χ0) is 14.3. The molecule has 1 unspecified atom stereocenters. The SMILES string of the molecule is COc1cccc2[nH]c(=O)n(CC3CCCS3(=O)=O)c12. The molecule has 0 spiro atoms. The van der Waals surface area contributed by atoms with E-state index in [9.17, 15) is 13.2 Å². The van der Waals surface area contributed by atoms with Gasteiger partial charge in [0.15, 0.2) is 9.84 Å². The van der Waals surface area contributed by atoms with E-state index in [1.807, 2.05) is 0 Å². The molecule has 108 valence electrons. The second-order valence-corrected chi connectivity index (χ2v) is 7.43. The van der Waals surface area contributed by atoms with E-state index >= 15 is 0 Å². The van der Waals surface area contributed by atoms with E-state index in [1.54, 1.807) is 18.2 Å². The van der Waals surface area contributed by atoms with Gasteiger partial charge in [-0.1, -0.05) is 6.07 Å². The Hall–Kier alpha value is -1.76. The lowest BCUT2D eigenvalue weighted by Crippen LogP contribution is -2.28. The summed E-state index contributed by atoms with van der Waals surface area (Å²) in [6.45, 7) is 0.182. The first-order valence-corrected chi connectivity index (χ1v) is 8.21. The molecule has 1 atom stereocenters. The molecule has 2 aromatic rings. The predicted octanol–water partition coefficient (Wildman–Crippen LogP) is 0.915. The van der Waals surface area contributed by atoms with Crippen LogP contribution < -0.4 is 10.4 Å².